The largest absolute Gasteiger partial charge is 0.507 e. The number of benzene rings is 2. The maximum absolute atomic E-state index is 10.3. The zero-order valence-electron chi connectivity index (χ0n) is 16.2. The van der Waals surface area contributed by atoms with E-state index >= 15 is 0 Å². The second-order valence-electron chi connectivity index (χ2n) is 7.32. The molecular weight excluding hydrogens is 412 g/mol. The molecule has 0 saturated carbocycles. The van der Waals surface area contributed by atoms with Crippen LogP contribution >= 0.6 is 0 Å². The van der Waals surface area contributed by atoms with Crippen molar-refractivity contribution in [3.8, 4) is 40.1 Å². The van der Waals surface area contributed by atoms with Gasteiger partial charge in [0.1, 0.15) is 35.2 Å². The lowest BCUT2D eigenvalue weighted by Crippen LogP contribution is -2.58. The van der Waals surface area contributed by atoms with Crippen LogP contribution in [-0.4, -0.2) is 66.5 Å². The molecule has 1 aliphatic heterocycles. The number of aliphatic hydroxyl groups excluding tert-OH is 3. The van der Waals surface area contributed by atoms with Crippen LogP contribution in [0.1, 0.15) is 6.92 Å². The van der Waals surface area contributed by atoms with Crippen LogP contribution in [0.2, 0.25) is 0 Å². The quantitative estimate of drug-likeness (QED) is 0.237. The van der Waals surface area contributed by atoms with Crippen molar-refractivity contribution in [2.75, 3.05) is 0 Å². The van der Waals surface area contributed by atoms with E-state index < -0.39 is 36.5 Å². The molecule has 5 atom stereocenters. The van der Waals surface area contributed by atoms with Gasteiger partial charge in [0, 0.05) is 18.2 Å². The Bertz CT molecular complexity index is 1130. The molecular formula is C21H21O10+. The highest BCUT2D eigenvalue weighted by Gasteiger charge is 2.44. The summed E-state index contributed by atoms with van der Waals surface area (Å²) in [5.41, 5.74) is 0.343. The molecule has 164 valence electrons. The molecule has 0 bridgehead atoms. The van der Waals surface area contributed by atoms with E-state index in [1.165, 1.54) is 37.3 Å². The molecule has 0 radical (unpaired) electrons. The van der Waals surface area contributed by atoms with Crippen molar-refractivity contribution in [1.29, 1.82) is 0 Å². The predicted octanol–water partition coefficient (Wildman–Crippen LogP) is 1.41. The molecule has 2 aromatic carbocycles. The van der Waals surface area contributed by atoms with Crippen molar-refractivity contribution in [3.05, 3.63) is 36.4 Å². The summed E-state index contributed by atoms with van der Waals surface area (Å²) in [7, 11) is 0. The first-order valence-corrected chi connectivity index (χ1v) is 9.37. The van der Waals surface area contributed by atoms with Gasteiger partial charge < -0.3 is 45.2 Å². The average molecular weight is 433 g/mol. The second kappa shape index (κ2) is 7.75. The van der Waals surface area contributed by atoms with Crippen LogP contribution in [0.4, 0.5) is 0 Å². The van der Waals surface area contributed by atoms with E-state index in [4.69, 9.17) is 13.9 Å². The minimum atomic E-state index is -1.60. The van der Waals surface area contributed by atoms with Gasteiger partial charge in [-0.2, -0.15) is 0 Å². The summed E-state index contributed by atoms with van der Waals surface area (Å²) >= 11 is 0. The van der Waals surface area contributed by atoms with Crippen LogP contribution in [0, 0.1) is 0 Å². The van der Waals surface area contributed by atoms with Gasteiger partial charge in [0.25, 0.3) is 0 Å². The van der Waals surface area contributed by atoms with Crippen molar-refractivity contribution < 1.29 is 49.6 Å². The molecule has 2 heterocycles. The van der Waals surface area contributed by atoms with Crippen molar-refractivity contribution >= 4 is 11.0 Å². The molecule has 10 nitrogen and oxygen atoms in total. The molecule has 1 aliphatic rings. The van der Waals surface area contributed by atoms with Crippen molar-refractivity contribution in [2.45, 2.75) is 37.6 Å². The number of phenolic OH excluding ortho intramolecular Hbond substituents is 4. The maximum atomic E-state index is 10.3. The maximum Gasteiger partial charge on any atom is 0.402 e. The Morgan fingerprint density at radius 1 is 0.839 bits per heavy atom. The Kier molecular flexibility index (Phi) is 5.23. The van der Waals surface area contributed by atoms with E-state index in [-0.39, 0.29) is 45.3 Å². The summed E-state index contributed by atoms with van der Waals surface area (Å²) in [6.07, 6.45) is -6.71. The van der Waals surface area contributed by atoms with Crippen LogP contribution < -0.4 is 4.74 Å². The van der Waals surface area contributed by atoms with Gasteiger partial charge in [-0.1, -0.05) is 0 Å². The highest BCUT2D eigenvalue weighted by Crippen LogP contribution is 2.42. The Morgan fingerprint density at radius 2 is 1.58 bits per heavy atom. The Balaban J connectivity index is 1.85. The lowest BCUT2D eigenvalue weighted by Gasteiger charge is -2.38. The lowest BCUT2D eigenvalue weighted by atomic mass is 10.00. The number of ether oxygens (including phenoxy) is 2. The molecule has 0 aliphatic carbocycles. The number of phenols is 4. The Hall–Kier alpha value is -3.31. The molecule has 0 amide bonds. The zero-order valence-corrected chi connectivity index (χ0v) is 16.2. The van der Waals surface area contributed by atoms with E-state index in [1.807, 2.05) is 0 Å². The van der Waals surface area contributed by atoms with E-state index in [2.05, 4.69) is 0 Å². The smallest absolute Gasteiger partial charge is 0.402 e. The number of aliphatic hydroxyl groups is 3. The van der Waals surface area contributed by atoms with Crippen molar-refractivity contribution in [1.82, 2.24) is 0 Å². The summed E-state index contributed by atoms with van der Waals surface area (Å²) in [4.78, 5) is 0. The number of aromatic hydroxyl groups is 4. The third-order valence-corrected chi connectivity index (χ3v) is 5.11. The third-order valence-electron chi connectivity index (χ3n) is 5.11. The molecule has 1 fully saturated rings. The molecule has 1 saturated heterocycles. The van der Waals surface area contributed by atoms with E-state index in [9.17, 15) is 35.7 Å². The fourth-order valence-electron chi connectivity index (χ4n) is 3.37. The molecule has 10 heteroatoms. The van der Waals surface area contributed by atoms with Gasteiger partial charge in [-0.25, -0.2) is 4.42 Å². The number of rotatable bonds is 3. The van der Waals surface area contributed by atoms with Crippen LogP contribution in [0.5, 0.6) is 28.7 Å². The molecule has 0 unspecified atom stereocenters. The first-order valence-electron chi connectivity index (χ1n) is 9.37. The zero-order chi connectivity index (χ0) is 22.4. The summed E-state index contributed by atoms with van der Waals surface area (Å²) in [5.74, 6) is -1.38. The topological polar surface area (TPSA) is 171 Å². The summed E-state index contributed by atoms with van der Waals surface area (Å²) in [6.45, 7) is 1.49. The first kappa shape index (κ1) is 20.9. The SMILES string of the molecule is C[C@H]1O[C@H](Oc2cc3c(O)cc(O)cc3[o+]c2-c2ccc(O)c(O)c2)[C@@H](O)[C@@H](O)[C@@H]1O. The first-order chi connectivity index (χ1) is 14.7. The molecule has 0 spiro atoms. The predicted molar refractivity (Wildman–Crippen MR) is 106 cm³/mol. The molecule has 31 heavy (non-hydrogen) atoms. The minimum absolute atomic E-state index is 0.0110. The molecule has 7 N–H and O–H groups in total. The number of hydrogen-bond donors (Lipinski definition) is 7. The van der Waals surface area contributed by atoms with Crippen LogP contribution in [-0.2, 0) is 4.74 Å². The van der Waals surface area contributed by atoms with E-state index in [1.54, 1.807) is 0 Å². The van der Waals surface area contributed by atoms with Gasteiger partial charge in [0.2, 0.25) is 12.0 Å². The monoisotopic (exact) mass is 433 g/mol. The lowest BCUT2D eigenvalue weighted by molar-refractivity contribution is -0.268. The average Bonchev–Trinajstić information content (AvgIpc) is 2.72. The van der Waals surface area contributed by atoms with Gasteiger partial charge in [-0.15, -0.1) is 0 Å². The standard InChI is InChI=1S/C21H20O10/c1-8-17(26)18(27)19(28)21(29-8)31-16-7-11-13(24)5-10(22)6-15(11)30-20(16)9-2-3-12(23)14(25)4-9/h2-8,17-19,21,26-28H,1H3,(H3-,22,23,24,25)/p+1/t8-,17-,18+,19+,21-/m1/s1. The molecule has 1 aromatic heterocycles. The normalized spacial score (nSPS) is 26.1. The Morgan fingerprint density at radius 3 is 2.29 bits per heavy atom. The second-order valence-corrected chi connectivity index (χ2v) is 7.32. The Labute approximate surface area is 175 Å². The summed E-state index contributed by atoms with van der Waals surface area (Å²) in [6, 6.07) is 7.58. The fourth-order valence-corrected chi connectivity index (χ4v) is 3.37. The highest BCUT2D eigenvalue weighted by atomic mass is 16.7. The molecule has 4 rings (SSSR count). The van der Waals surface area contributed by atoms with E-state index in [0.717, 1.165) is 6.07 Å². The number of fused-ring (bicyclic) bond motifs is 1. The van der Waals surface area contributed by atoms with Crippen LogP contribution in [0.15, 0.2) is 40.8 Å². The van der Waals surface area contributed by atoms with Crippen LogP contribution in [0.3, 0.4) is 0 Å². The van der Waals surface area contributed by atoms with E-state index in [0.29, 0.717) is 0 Å². The van der Waals surface area contributed by atoms with Gasteiger partial charge in [-0.05, 0) is 19.1 Å². The molecule has 3 aromatic rings. The van der Waals surface area contributed by atoms with Gasteiger partial charge >= 0.3 is 11.3 Å². The van der Waals surface area contributed by atoms with Gasteiger partial charge in [-0.3, -0.25) is 0 Å². The fraction of sp³-hybridized carbons (Fsp3) is 0.286. The van der Waals surface area contributed by atoms with Crippen molar-refractivity contribution in [3.63, 3.8) is 0 Å². The highest BCUT2D eigenvalue weighted by molar-refractivity contribution is 5.88. The summed E-state index contributed by atoms with van der Waals surface area (Å²) < 4.78 is 17.0. The third kappa shape index (κ3) is 3.77. The van der Waals surface area contributed by atoms with Gasteiger partial charge in [0.05, 0.1) is 17.7 Å². The van der Waals surface area contributed by atoms with Crippen LogP contribution in [0.25, 0.3) is 22.3 Å². The van der Waals surface area contributed by atoms with Crippen molar-refractivity contribution in [2.24, 2.45) is 0 Å². The number of hydrogen-bond acceptors (Lipinski definition) is 9. The summed E-state index contributed by atoms with van der Waals surface area (Å²) in [5, 5.41) is 69.8. The van der Waals surface area contributed by atoms with Gasteiger partial charge in [0.15, 0.2) is 11.5 Å². The minimum Gasteiger partial charge on any atom is -0.507 e.